The molecule has 0 aromatic heterocycles. The maximum atomic E-state index is 6.10. The second-order valence-electron chi connectivity index (χ2n) is 5.33. The van der Waals surface area contributed by atoms with Gasteiger partial charge in [-0.05, 0) is 42.9 Å². The number of benzene rings is 1. The molecular weight excluding hydrogens is 274 g/mol. The van der Waals surface area contributed by atoms with Crippen LogP contribution in [0, 0.1) is 0 Å². The maximum Gasteiger partial charge on any atom is 0.0700 e. The van der Waals surface area contributed by atoms with Crippen molar-refractivity contribution in [3.63, 3.8) is 0 Å². The van der Waals surface area contributed by atoms with Crippen molar-refractivity contribution in [2.24, 2.45) is 0 Å². The number of nitrogens with one attached hydrogen (secondary N) is 1. The number of ether oxygens (including phenoxy) is 2. The van der Waals surface area contributed by atoms with Gasteiger partial charge in [-0.2, -0.15) is 0 Å². The molecule has 1 aromatic rings. The van der Waals surface area contributed by atoms with E-state index in [1.165, 1.54) is 18.4 Å². The summed E-state index contributed by atoms with van der Waals surface area (Å²) >= 11 is 6.10. The normalized spacial score (nSPS) is 16.3. The predicted octanol–water partition coefficient (Wildman–Crippen LogP) is 3.23. The Kier molecular flexibility index (Phi) is 6.80. The summed E-state index contributed by atoms with van der Waals surface area (Å²) in [6, 6.07) is 8.89. The molecule has 1 N–H and O–H groups in total. The third-order valence-corrected chi connectivity index (χ3v) is 3.83. The van der Waals surface area contributed by atoms with Gasteiger partial charge in [0.25, 0.3) is 0 Å². The molecule has 1 fully saturated rings. The third-order valence-electron chi connectivity index (χ3n) is 3.59. The van der Waals surface area contributed by atoms with Gasteiger partial charge in [0, 0.05) is 31.3 Å². The van der Waals surface area contributed by atoms with Crippen LogP contribution >= 0.6 is 11.6 Å². The lowest BCUT2D eigenvalue weighted by molar-refractivity contribution is 0.0669. The fourth-order valence-corrected chi connectivity index (χ4v) is 2.41. The number of halogens is 1. The van der Waals surface area contributed by atoms with E-state index < -0.39 is 0 Å². The standard InChI is InChI=1S/C16H24ClNO2/c1-19-9-10-20-8-7-14(12-18-16-5-6-16)13-3-2-4-15(17)11-13/h2-4,11,14,16,18H,5-10,12H2,1H3. The van der Waals surface area contributed by atoms with Gasteiger partial charge in [-0.25, -0.2) is 0 Å². The Morgan fingerprint density at radius 2 is 2.15 bits per heavy atom. The van der Waals surface area contributed by atoms with E-state index in [9.17, 15) is 0 Å². The van der Waals surface area contributed by atoms with Crippen LogP contribution in [0.4, 0.5) is 0 Å². The van der Waals surface area contributed by atoms with Crippen LogP contribution in [0.25, 0.3) is 0 Å². The first-order valence-corrected chi connectivity index (χ1v) is 7.73. The molecular formula is C16H24ClNO2. The first kappa shape index (κ1) is 15.8. The van der Waals surface area contributed by atoms with Crippen LogP contribution in [0.1, 0.15) is 30.7 Å². The highest BCUT2D eigenvalue weighted by atomic mass is 35.5. The SMILES string of the molecule is COCCOCCC(CNC1CC1)c1cccc(Cl)c1. The number of hydrogen-bond acceptors (Lipinski definition) is 3. The van der Waals surface area contributed by atoms with Gasteiger partial charge in [0.15, 0.2) is 0 Å². The number of methoxy groups -OCH3 is 1. The highest BCUT2D eigenvalue weighted by Gasteiger charge is 2.22. The molecule has 1 aliphatic carbocycles. The Hall–Kier alpha value is -0.610. The average Bonchev–Trinajstić information content (AvgIpc) is 3.26. The molecule has 1 atom stereocenters. The van der Waals surface area contributed by atoms with Crippen LogP contribution < -0.4 is 5.32 Å². The summed E-state index contributed by atoms with van der Waals surface area (Å²) in [4.78, 5) is 0. The van der Waals surface area contributed by atoms with Gasteiger partial charge in [0.05, 0.1) is 13.2 Å². The lowest BCUT2D eigenvalue weighted by Crippen LogP contribution is -2.24. The van der Waals surface area contributed by atoms with Gasteiger partial charge in [-0.15, -0.1) is 0 Å². The first-order valence-electron chi connectivity index (χ1n) is 7.35. The van der Waals surface area contributed by atoms with Crippen molar-refractivity contribution in [2.75, 3.05) is 33.5 Å². The summed E-state index contributed by atoms with van der Waals surface area (Å²) in [5.74, 6) is 0.455. The van der Waals surface area contributed by atoms with Gasteiger partial charge in [-0.3, -0.25) is 0 Å². The summed E-state index contributed by atoms with van der Waals surface area (Å²) in [7, 11) is 1.69. The summed E-state index contributed by atoms with van der Waals surface area (Å²) in [6.45, 7) is 3.07. The summed E-state index contributed by atoms with van der Waals surface area (Å²) in [5, 5.41) is 4.41. The van der Waals surface area contributed by atoms with Crippen molar-refractivity contribution in [1.29, 1.82) is 0 Å². The molecule has 2 rings (SSSR count). The quantitative estimate of drug-likeness (QED) is 0.673. The summed E-state index contributed by atoms with van der Waals surface area (Å²) < 4.78 is 10.6. The first-order chi connectivity index (χ1) is 9.79. The topological polar surface area (TPSA) is 30.5 Å². The lowest BCUT2D eigenvalue weighted by atomic mass is 9.96. The molecule has 1 aliphatic rings. The molecule has 0 bridgehead atoms. The van der Waals surface area contributed by atoms with Crippen molar-refractivity contribution in [2.45, 2.75) is 31.2 Å². The Balaban J connectivity index is 1.82. The van der Waals surface area contributed by atoms with Crippen LogP contribution in [0.2, 0.25) is 5.02 Å². The van der Waals surface area contributed by atoms with Gasteiger partial charge in [-0.1, -0.05) is 23.7 Å². The molecule has 4 heteroatoms. The van der Waals surface area contributed by atoms with E-state index in [4.69, 9.17) is 21.1 Å². The van der Waals surface area contributed by atoms with E-state index in [0.29, 0.717) is 19.1 Å². The minimum absolute atomic E-state index is 0.455. The fourth-order valence-electron chi connectivity index (χ4n) is 2.21. The lowest BCUT2D eigenvalue weighted by Gasteiger charge is -2.18. The average molecular weight is 298 g/mol. The van der Waals surface area contributed by atoms with Gasteiger partial charge < -0.3 is 14.8 Å². The Labute approximate surface area is 126 Å². The monoisotopic (exact) mass is 297 g/mol. The van der Waals surface area contributed by atoms with Crippen molar-refractivity contribution in [3.05, 3.63) is 34.9 Å². The largest absolute Gasteiger partial charge is 0.382 e. The van der Waals surface area contributed by atoms with Gasteiger partial charge in [0.1, 0.15) is 0 Å². The van der Waals surface area contributed by atoms with E-state index in [2.05, 4.69) is 17.4 Å². The van der Waals surface area contributed by atoms with Crippen molar-refractivity contribution >= 4 is 11.6 Å². The smallest absolute Gasteiger partial charge is 0.0700 e. The highest BCUT2D eigenvalue weighted by Crippen LogP contribution is 2.25. The molecule has 112 valence electrons. The van der Waals surface area contributed by atoms with Crippen molar-refractivity contribution in [3.8, 4) is 0 Å². The van der Waals surface area contributed by atoms with Crippen molar-refractivity contribution < 1.29 is 9.47 Å². The fraction of sp³-hybridized carbons (Fsp3) is 0.625. The van der Waals surface area contributed by atoms with E-state index in [0.717, 1.165) is 30.6 Å². The molecule has 3 nitrogen and oxygen atoms in total. The molecule has 1 aromatic carbocycles. The third kappa shape index (κ3) is 5.80. The minimum atomic E-state index is 0.455. The van der Waals surface area contributed by atoms with E-state index in [1.807, 2.05) is 12.1 Å². The van der Waals surface area contributed by atoms with E-state index in [1.54, 1.807) is 7.11 Å². The van der Waals surface area contributed by atoms with Crippen LogP contribution in [-0.2, 0) is 9.47 Å². The Bertz CT molecular complexity index is 396. The molecule has 0 radical (unpaired) electrons. The zero-order chi connectivity index (χ0) is 14.2. The zero-order valence-corrected chi connectivity index (χ0v) is 12.9. The number of rotatable bonds is 10. The summed E-state index contributed by atoms with van der Waals surface area (Å²) in [5.41, 5.74) is 1.29. The molecule has 0 aliphatic heterocycles. The van der Waals surface area contributed by atoms with E-state index >= 15 is 0 Å². The minimum Gasteiger partial charge on any atom is -0.382 e. The van der Waals surface area contributed by atoms with Crippen LogP contribution in [-0.4, -0.2) is 39.5 Å². The predicted molar refractivity (Wildman–Crippen MR) is 82.5 cm³/mol. The molecule has 1 saturated carbocycles. The van der Waals surface area contributed by atoms with Crippen LogP contribution in [0.5, 0.6) is 0 Å². The molecule has 20 heavy (non-hydrogen) atoms. The van der Waals surface area contributed by atoms with Crippen LogP contribution in [0.15, 0.2) is 24.3 Å². The molecule has 0 heterocycles. The Morgan fingerprint density at radius 3 is 2.85 bits per heavy atom. The van der Waals surface area contributed by atoms with E-state index in [-0.39, 0.29) is 0 Å². The van der Waals surface area contributed by atoms with Gasteiger partial charge in [0.2, 0.25) is 0 Å². The maximum absolute atomic E-state index is 6.10. The molecule has 0 saturated heterocycles. The molecule has 0 amide bonds. The van der Waals surface area contributed by atoms with Crippen molar-refractivity contribution in [1.82, 2.24) is 5.32 Å². The Morgan fingerprint density at radius 1 is 1.30 bits per heavy atom. The second kappa shape index (κ2) is 8.63. The molecule has 0 spiro atoms. The van der Waals surface area contributed by atoms with Gasteiger partial charge >= 0.3 is 0 Å². The highest BCUT2D eigenvalue weighted by molar-refractivity contribution is 6.30. The number of hydrogen-bond donors (Lipinski definition) is 1. The molecule has 1 unspecified atom stereocenters. The zero-order valence-electron chi connectivity index (χ0n) is 12.1. The summed E-state index contributed by atoms with van der Waals surface area (Å²) in [6.07, 6.45) is 3.63. The van der Waals surface area contributed by atoms with Crippen LogP contribution in [0.3, 0.4) is 0 Å². The second-order valence-corrected chi connectivity index (χ2v) is 5.76.